The van der Waals surface area contributed by atoms with Gasteiger partial charge in [0.15, 0.2) is 5.78 Å². The SMILES string of the molecule is CC(=O)c1cncc(Cl)c1COc1cccc2c(-c3ccnn3C)cc(C)nc12. The zero-order valence-corrected chi connectivity index (χ0v) is 17.1. The number of Topliss-reactive ketones (excluding diaryl/α,β-unsaturated/α-hetero) is 1. The van der Waals surface area contributed by atoms with Gasteiger partial charge < -0.3 is 4.74 Å². The molecule has 0 fully saturated rings. The van der Waals surface area contributed by atoms with E-state index in [1.54, 1.807) is 6.20 Å². The van der Waals surface area contributed by atoms with E-state index in [0.717, 1.165) is 27.9 Å². The Hall–Kier alpha value is -3.25. The molecule has 6 nitrogen and oxygen atoms in total. The lowest BCUT2D eigenvalue weighted by Gasteiger charge is -2.14. The average Bonchev–Trinajstić information content (AvgIpc) is 3.12. The summed E-state index contributed by atoms with van der Waals surface area (Å²) in [4.78, 5) is 20.6. The molecule has 0 aliphatic heterocycles. The number of fused-ring (bicyclic) bond motifs is 1. The largest absolute Gasteiger partial charge is 0.487 e. The Morgan fingerprint density at radius 1 is 1.24 bits per heavy atom. The van der Waals surface area contributed by atoms with E-state index in [1.807, 2.05) is 49.0 Å². The minimum absolute atomic E-state index is 0.107. The van der Waals surface area contributed by atoms with Gasteiger partial charge in [-0.05, 0) is 32.0 Å². The molecule has 29 heavy (non-hydrogen) atoms. The summed E-state index contributed by atoms with van der Waals surface area (Å²) in [5.74, 6) is 0.515. The Bertz CT molecular complexity index is 1230. The molecular formula is C22H19ClN4O2. The van der Waals surface area contributed by atoms with E-state index in [4.69, 9.17) is 21.3 Å². The van der Waals surface area contributed by atoms with Gasteiger partial charge in [0.1, 0.15) is 17.9 Å². The molecule has 3 aromatic heterocycles. The van der Waals surface area contributed by atoms with Crippen molar-refractivity contribution in [2.24, 2.45) is 7.05 Å². The number of halogens is 1. The van der Waals surface area contributed by atoms with Crippen molar-refractivity contribution in [2.45, 2.75) is 20.5 Å². The first-order valence-corrected chi connectivity index (χ1v) is 9.48. The number of ketones is 1. The number of hydrogen-bond donors (Lipinski definition) is 0. The molecule has 0 spiro atoms. The van der Waals surface area contributed by atoms with Crippen LogP contribution >= 0.6 is 11.6 Å². The fraction of sp³-hybridized carbons (Fsp3) is 0.182. The summed E-state index contributed by atoms with van der Waals surface area (Å²) < 4.78 is 7.92. The second-order valence-corrected chi connectivity index (χ2v) is 7.20. The lowest BCUT2D eigenvalue weighted by Crippen LogP contribution is -2.06. The third kappa shape index (κ3) is 3.59. The molecule has 4 aromatic rings. The predicted octanol–water partition coefficient (Wildman–Crippen LogP) is 4.77. The number of pyridine rings is 2. The molecule has 0 aliphatic rings. The van der Waals surface area contributed by atoms with E-state index >= 15 is 0 Å². The Kier molecular flexibility index (Phi) is 5.03. The highest BCUT2D eigenvalue weighted by Crippen LogP contribution is 2.33. The summed E-state index contributed by atoms with van der Waals surface area (Å²) in [7, 11) is 1.91. The van der Waals surface area contributed by atoms with Crippen molar-refractivity contribution in [1.82, 2.24) is 19.7 Å². The van der Waals surface area contributed by atoms with Gasteiger partial charge in [-0.3, -0.25) is 14.5 Å². The maximum atomic E-state index is 11.9. The zero-order valence-electron chi connectivity index (χ0n) is 16.3. The van der Waals surface area contributed by atoms with Crippen LogP contribution in [0.5, 0.6) is 5.75 Å². The summed E-state index contributed by atoms with van der Waals surface area (Å²) in [6.07, 6.45) is 4.80. The molecule has 0 saturated carbocycles. The fourth-order valence-corrected chi connectivity index (χ4v) is 3.59. The number of ether oxygens (including phenoxy) is 1. The Labute approximate surface area is 173 Å². The van der Waals surface area contributed by atoms with Crippen molar-refractivity contribution in [3.8, 4) is 17.0 Å². The molecular weight excluding hydrogens is 388 g/mol. The monoisotopic (exact) mass is 406 g/mol. The van der Waals surface area contributed by atoms with Crippen LogP contribution in [0.2, 0.25) is 5.02 Å². The quantitative estimate of drug-likeness (QED) is 0.446. The van der Waals surface area contributed by atoms with Gasteiger partial charge in [0, 0.05) is 53.4 Å². The van der Waals surface area contributed by atoms with Gasteiger partial charge in [-0.15, -0.1) is 0 Å². The van der Waals surface area contributed by atoms with Gasteiger partial charge in [-0.2, -0.15) is 5.10 Å². The van der Waals surface area contributed by atoms with Crippen LogP contribution in [-0.4, -0.2) is 25.5 Å². The van der Waals surface area contributed by atoms with Gasteiger partial charge in [-0.25, -0.2) is 4.98 Å². The van der Waals surface area contributed by atoms with Gasteiger partial charge in [-0.1, -0.05) is 23.7 Å². The highest BCUT2D eigenvalue weighted by Gasteiger charge is 2.16. The normalized spacial score (nSPS) is 11.0. The van der Waals surface area contributed by atoms with Crippen LogP contribution in [-0.2, 0) is 13.7 Å². The molecule has 7 heteroatoms. The van der Waals surface area contributed by atoms with Gasteiger partial charge in [0.25, 0.3) is 0 Å². The average molecular weight is 407 g/mol. The smallest absolute Gasteiger partial charge is 0.161 e. The number of hydrogen-bond acceptors (Lipinski definition) is 5. The van der Waals surface area contributed by atoms with E-state index < -0.39 is 0 Å². The molecule has 1 aromatic carbocycles. The van der Waals surface area contributed by atoms with E-state index in [-0.39, 0.29) is 12.4 Å². The molecule has 0 atom stereocenters. The van der Waals surface area contributed by atoms with Crippen molar-refractivity contribution >= 4 is 28.3 Å². The topological polar surface area (TPSA) is 69.9 Å². The first-order chi connectivity index (χ1) is 14.0. The summed E-state index contributed by atoms with van der Waals surface area (Å²) >= 11 is 6.27. The number of benzene rings is 1. The van der Waals surface area contributed by atoms with Gasteiger partial charge in [0.2, 0.25) is 0 Å². The predicted molar refractivity (Wildman–Crippen MR) is 112 cm³/mol. The number of aromatic nitrogens is 4. The minimum Gasteiger partial charge on any atom is -0.487 e. The summed E-state index contributed by atoms with van der Waals surface area (Å²) in [5, 5.41) is 5.64. The van der Waals surface area contributed by atoms with E-state index in [0.29, 0.717) is 21.9 Å². The number of nitrogens with zero attached hydrogens (tertiary/aromatic N) is 4. The molecule has 3 heterocycles. The van der Waals surface area contributed by atoms with Crippen LogP contribution in [0, 0.1) is 6.92 Å². The van der Waals surface area contributed by atoms with Crippen molar-refractivity contribution in [3.63, 3.8) is 0 Å². The molecule has 0 bridgehead atoms. The number of carbonyl (C=O) groups excluding carboxylic acids is 1. The maximum Gasteiger partial charge on any atom is 0.161 e. The van der Waals surface area contributed by atoms with E-state index in [1.165, 1.54) is 19.3 Å². The van der Waals surface area contributed by atoms with Crippen molar-refractivity contribution < 1.29 is 9.53 Å². The lowest BCUT2D eigenvalue weighted by atomic mass is 10.0. The Balaban J connectivity index is 1.78. The third-order valence-electron chi connectivity index (χ3n) is 4.78. The Morgan fingerprint density at radius 2 is 2.07 bits per heavy atom. The summed E-state index contributed by atoms with van der Waals surface area (Å²) in [6, 6.07) is 9.81. The van der Waals surface area contributed by atoms with Crippen LogP contribution < -0.4 is 4.74 Å². The third-order valence-corrected chi connectivity index (χ3v) is 5.11. The van der Waals surface area contributed by atoms with Crippen LogP contribution in [0.3, 0.4) is 0 Å². The molecule has 0 aliphatic carbocycles. The van der Waals surface area contributed by atoms with Crippen LogP contribution in [0.25, 0.3) is 22.2 Å². The number of rotatable bonds is 5. The Morgan fingerprint density at radius 3 is 2.79 bits per heavy atom. The van der Waals surface area contributed by atoms with Gasteiger partial charge in [0.05, 0.1) is 10.7 Å². The molecule has 0 unspecified atom stereocenters. The highest BCUT2D eigenvalue weighted by molar-refractivity contribution is 6.31. The molecule has 0 amide bonds. The highest BCUT2D eigenvalue weighted by atomic mass is 35.5. The lowest BCUT2D eigenvalue weighted by molar-refractivity contribution is 0.101. The maximum absolute atomic E-state index is 11.9. The van der Waals surface area contributed by atoms with Crippen molar-refractivity contribution in [2.75, 3.05) is 0 Å². The first-order valence-electron chi connectivity index (χ1n) is 9.10. The number of carbonyl (C=O) groups is 1. The number of para-hydroxylation sites is 1. The summed E-state index contributed by atoms with van der Waals surface area (Å²) in [6.45, 7) is 3.58. The zero-order chi connectivity index (χ0) is 20.5. The van der Waals surface area contributed by atoms with Crippen LogP contribution in [0.4, 0.5) is 0 Å². The minimum atomic E-state index is -0.107. The van der Waals surface area contributed by atoms with E-state index in [9.17, 15) is 4.79 Å². The molecule has 0 saturated heterocycles. The molecule has 0 N–H and O–H groups in total. The molecule has 0 radical (unpaired) electrons. The van der Waals surface area contributed by atoms with Crippen molar-refractivity contribution in [1.29, 1.82) is 0 Å². The molecule has 146 valence electrons. The second-order valence-electron chi connectivity index (χ2n) is 6.80. The van der Waals surface area contributed by atoms with Crippen molar-refractivity contribution in [3.05, 3.63) is 70.8 Å². The standard InChI is InChI=1S/C22H19ClN4O2/c1-13-9-16(20-7-8-25-27(20)3)15-5-4-6-21(22(15)26-13)29-12-18-17(14(2)28)10-24-11-19(18)23/h4-11H,12H2,1-3H3. The van der Waals surface area contributed by atoms with Gasteiger partial charge >= 0.3 is 0 Å². The fourth-order valence-electron chi connectivity index (χ4n) is 3.38. The van der Waals surface area contributed by atoms with Crippen LogP contribution in [0.1, 0.15) is 28.5 Å². The molecule has 4 rings (SSSR count). The number of aryl methyl sites for hydroxylation is 2. The summed E-state index contributed by atoms with van der Waals surface area (Å²) in [5.41, 5.74) is 4.72. The van der Waals surface area contributed by atoms with E-state index in [2.05, 4.69) is 10.1 Å². The second kappa shape index (κ2) is 7.64. The van der Waals surface area contributed by atoms with Crippen LogP contribution in [0.15, 0.2) is 48.9 Å². The first kappa shape index (κ1) is 19.1.